The third-order valence-corrected chi connectivity index (χ3v) is 3.43. The lowest BCUT2D eigenvalue weighted by molar-refractivity contribution is 0.656. The van der Waals surface area contributed by atoms with Crippen LogP contribution in [-0.4, -0.2) is 26.3 Å². The average molecular weight is 281 g/mol. The second kappa shape index (κ2) is 5.52. The van der Waals surface area contributed by atoms with Gasteiger partial charge in [0.2, 0.25) is 0 Å². The number of nitrogens with one attached hydrogen (secondary N) is 1. The molecule has 3 rings (SSSR count). The second-order valence-corrected chi connectivity index (χ2v) is 5.08. The summed E-state index contributed by atoms with van der Waals surface area (Å²) in [6, 6.07) is 10.3. The van der Waals surface area contributed by atoms with Crippen LogP contribution < -0.4 is 5.32 Å². The Hall–Kier alpha value is -2.43. The van der Waals surface area contributed by atoms with Gasteiger partial charge >= 0.3 is 0 Å². The van der Waals surface area contributed by atoms with E-state index in [1.54, 1.807) is 0 Å². The molecule has 0 fully saturated rings. The highest BCUT2D eigenvalue weighted by atomic mass is 15.3. The van der Waals surface area contributed by atoms with Gasteiger partial charge in [-0.2, -0.15) is 5.10 Å². The quantitative estimate of drug-likeness (QED) is 0.799. The van der Waals surface area contributed by atoms with Crippen LogP contribution in [-0.2, 0) is 6.54 Å². The van der Waals surface area contributed by atoms with E-state index < -0.39 is 0 Å². The first kappa shape index (κ1) is 13.5. The molecule has 5 nitrogen and oxygen atoms in total. The first-order valence-corrected chi connectivity index (χ1v) is 7.18. The fraction of sp³-hybridized carbons (Fsp3) is 0.312. The lowest BCUT2D eigenvalue weighted by Crippen LogP contribution is -2.09. The van der Waals surface area contributed by atoms with Gasteiger partial charge in [0.15, 0.2) is 0 Å². The van der Waals surface area contributed by atoms with Gasteiger partial charge in [0.05, 0.1) is 12.1 Å². The number of aromatic nitrogens is 4. The van der Waals surface area contributed by atoms with Gasteiger partial charge in [0, 0.05) is 17.5 Å². The summed E-state index contributed by atoms with van der Waals surface area (Å²) in [5.41, 5.74) is 2.13. The molecular formula is C16H19N5. The molecule has 0 unspecified atom stereocenters. The summed E-state index contributed by atoms with van der Waals surface area (Å²) >= 11 is 0. The summed E-state index contributed by atoms with van der Waals surface area (Å²) in [6.07, 6.45) is 0. The van der Waals surface area contributed by atoms with Crippen molar-refractivity contribution in [1.29, 1.82) is 0 Å². The van der Waals surface area contributed by atoms with E-state index in [1.807, 2.05) is 36.7 Å². The van der Waals surface area contributed by atoms with Crippen molar-refractivity contribution >= 4 is 16.7 Å². The van der Waals surface area contributed by atoms with E-state index in [1.165, 1.54) is 0 Å². The Morgan fingerprint density at radius 1 is 1.14 bits per heavy atom. The topological polar surface area (TPSA) is 55.6 Å². The standard InChI is InChI=1S/C16H19N5/c1-4-17-16-14(10-21-12(3)18-11(2)20-21)9-13-7-5-6-8-15(13)19-16/h5-9H,4,10H2,1-3H3,(H,17,19). The van der Waals surface area contributed by atoms with Gasteiger partial charge in [0.25, 0.3) is 0 Å². The lowest BCUT2D eigenvalue weighted by atomic mass is 10.1. The van der Waals surface area contributed by atoms with Crippen LogP contribution in [0.25, 0.3) is 10.9 Å². The van der Waals surface area contributed by atoms with Crippen LogP contribution in [0.5, 0.6) is 0 Å². The number of benzene rings is 1. The number of nitrogens with zero attached hydrogens (tertiary/aromatic N) is 4. The first-order valence-electron chi connectivity index (χ1n) is 7.18. The first-order chi connectivity index (χ1) is 10.2. The van der Waals surface area contributed by atoms with E-state index in [0.29, 0.717) is 6.54 Å². The smallest absolute Gasteiger partial charge is 0.147 e. The second-order valence-electron chi connectivity index (χ2n) is 5.08. The molecule has 0 bridgehead atoms. The molecule has 1 N–H and O–H groups in total. The summed E-state index contributed by atoms with van der Waals surface area (Å²) in [7, 11) is 0. The SMILES string of the molecule is CCNc1nc2ccccc2cc1Cn1nc(C)nc1C. The number of hydrogen-bond acceptors (Lipinski definition) is 4. The van der Waals surface area contributed by atoms with Gasteiger partial charge in [-0.25, -0.2) is 14.6 Å². The highest BCUT2D eigenvalue weighted by molar-refractivity contribution is 5.81. The third-order valence-electron chi connectivity index (χ3n) is 3.43. The molecule has 1 aromatic carbocycles. The Balaban J connectivity index is 2.06. The molecule has 0 aliphatic heterocycles. The fourth-order valence-corrected chi connectivity index (χ4v) is 2.47. The molecule has 0 radical (unpaired) electrons. The molecule has 5 heteroatoms. The highest BCUT2D eigenvalue weighted by Gasteiger charge is 2.10. The summed E-state index contributed by atoms with van der Waals surface area (Å²) in [4.78, 5) is 9.08. The van der Waals surface area contributed by atoms with Crippen molar-refractivity contribution in [2.45, 2.75) is 27.3 Å². The van der Waals surface area contributed by atoms with E-state index >= 15 is 0 Å². The molecule has 0 spiro atoms. The minimum Gasteiger partial charge on any atom is -0.370 e. The van der Waals surface area contributed by atoms with Crippen LogP contribution in [0.4, 0.5) is 5.82 Å². The molecule has 108 valence electrons. The van der Waals surface area contributed by atoms with Gasteiger partial charge in [-0.1, -0.05) is 18.2 Å². The summed E-state index contributed by atoms with van der Waals surface area (Å²) < 4.78 is 1.92. The Morgan fingerprint density at radius 3 is 2.67 bits per heavy atom. The van der Waals surface area contributed by atoms with Crippen molar-refractivity contribution in [1.82, 2.24) is 19.7 Å². The van der Waals surface area contributed by atoms with Gasteiger partial charge in [-0.05, 0) is 32.9 Å². The number of hydrogen-bond donors (Lipinski definition) is 1. The Bertz CT molecular complexity index is 775. The average Bonchev–Trinajstić information content (AvgIpc) is 2.78. The number of pyridine rings is 1. The molecule has 0 atom stereocenters. The zero-order chi connectivity index (χ0) is 14.8. The molecule has 3 aromatic rings. The molecule has 0 aliphatic rings. The number of para-hydroxylation sites is 1. The van der Waals surface area contributed by atoms with Crippen LogP contribution in [0.2, 0.25) is 0 Å². The summed E-state index contributed by atoms with van der Waals surface area (Å²) in [5.74, 6) is 2.64. The number of fused-ring (bicyclic) bond motifs is 1. The predicted octanol–water partition coefficient (Wildman–Crippen LogP) is 2.92. The third kappa shape index (κ3) is 2.72. The maximum atomic E-state index is 4.72. The predicted molar refractivity (Wildman–Crippen MR) is 84.5 cm³/mol. The summed E-state index contributed by atoms with van der Waals surface area (Å²) in [5, 5.41) is 8.92. The van der Waals surface area contributed by atoms with E-state index in [0.717, 1.165) is 40.5 Å². The Labute approximate surface area is 124 Å². The Kier molecular flexibility index (Phi) is 3.56. The van der Waals surface area contributed by atoms with Crippen molar-refractivity contribution < 1.29 is 0 Å². The molecular weight excluding hydrogens is 262 g/mol. The van der Waals surface area contributed by atoms with Gasteiger partial charge < -0.3 is 5.32 Å². The highest BCUT2D eigenvalue weighted by Crippen LogP contribution is 2.21. The van der Waals surface area contributed by atoms with Crippen LogP contribution >= 0.6 is 0 Å². The van der Waals surface area contributed by atoms with E-state index in [4.69, 9.17) is 4.98 Å². The van der Waals surface area contributed by atoms with E-state index in [9.17, 15) is 0 Å². The largest absolute Gasteiger partial charge is 0.370 e. The van der Waals surface area contributed by atoms with Crippen molar-refractivity contribution in [3.63, 3.8) is 0 Å². The van der Waals surface area contributed by atoms with Crippen molar-refractivity contribution in [2.75, 3.05) is 11.9 Å². The van der Waals surface area contributed by atoms with Crippen LogP contribution in [0, 0.1) is 13.8 Å². The van der Waals surface area contributed by atoms with Crippen molar-refractivity contribution in [3.8, 4) is 0 Å². The van der Waals surface area contributed by atoms with E-state index in [2.05, 4.69) is 34.5 Å². The molecule has 2 aromatic heterocycles. The lowest BCUT2D eigenvalue weighted by Gasteiger charge is -2.12. The van der Waals surface area contributed by atoms with Gasteiger partial charge in [-0.3, -0.25) is 0 Å². The zero-order valence-electron chi connectivity index (χ0n) is 12.6. The number of rotatable bonds is 4. The van der Waals surface area contributed by atoms with Crippen LogP contribution in [0.15, 0.2) is 30.3 Å². The van der Waals surface area contributed by atoms with Crippen LogP contribution in [0.3, 0.4) is 0 Å². The van der Waals surface area contributed by atoms with Gasteiger partial charge in [-0.15, -0.1) is 0 Å². The number of anilines is 1. The number of aryl methyl sites for hydroxylation is 2. The maximum absolute atomic E-state index is 4.72. The summed E-state index contributed by atoms with van der Waals surface area (Å²) in [6.45, 7) is 7.47. The van der Waals surface area contributed by atoms with Crippen molar-refractivity contribution in [2.24, 2.45) is 0 Å². The molecule has 2 heterocycles. The fourth-order valence-electron chi connectivity index (χ4n) is 2.47. The maximum Gasteiger partial charge on any atom is 0.147 e. The molecule has 0 saturated heterocycles. The monoisotopic (exact) mass is 281 g/mol. The molecule has 0 saturated carbocycles. The minimum atomic E-state index is 0.673. The van der Waals surface area contributed by atoms with Crippen molar-refractivity contribution in [3.05, 3.63) is 47.5 Å². The van der Waals surface area contributed by atoms with Gasteiger partial charge in [0.1, 0.15) is 17.5 Å². The zero-order valence-corrected chi connectivity index (χ0v) is 12.6. The minimum absolute atomic E-state index is 0.673. The van der Waals surface area contributed by atoms with E-state index in [-0.39, 0.29) is 0 Å². The normalized spacial score (nSPS) is 11.0. The molecule has 0 amide bonds. The molecule has 0 aliphatic carbocycles. The molecule has 21 heavy (non-hydrogen) atoms. The van der Waals surface area contributed by atoms with Crippen LogP contribution in [0.1, 0.15) is 24.1 Å². The Morgan fingerprint density at radius 2 is 1.95 bits per heavy atom.